The van der Waals surface area contributed by atoms with Crippen LogP contribution < -0.4 is 16.0 Å². The van der Waals surface area contributed by atoms with Gasteiger partial charge in [0, 0.05) is 36.1 Å². The lowest BCUT2D eigenvalue weighted by molar-refractivity contribution is 0.237. The molecule has 0 aliphatic carbocycles. The second-order valence-corrected chi connectivity index (χ2v) is 6.28. The molecule has 7 heteroatoms. The van der Waals surface area contributed by atoms with Crippen LogP contribution in [-0.4, -0.2) is 34.8 Å². The van der Waals surface area contributed by atoms with E-state index in [1.54, 1.807) is 18.6 Å². The Morgan fingerprint density at radius 1 is 1.26 bits per heavy atom. The Labute approximate surface area is 139 Å². The van der Waals surface area contributed by atoms with Gasteiger partial charge < -0.3 is 16.0 Å². The number of hydrogen-bond acceptors (Lipinski definition) is 5. The Bertz CT molecular complexity index is 652. The molecule has 120 valence electrons. The highest BCUT2D eigenvalue weighted by atomic mass is 32.2. The molecule has 1 aliphatic rings. The van der Waals surface area contributed by atoms with E-state index in [0.717, 1.165) is 12.2 Å². The zero-order valence-electron chi connectivity index (χ0n) is 12.7. The molecule has 0 radical (unpaired) electrons. The van der Waals surface area contributed by atoms with Crippen molar-refractivity contribution >= 4 is 23.6 Å². The van der Waals surface area contributed by atoms with Gasteiger partial charge in [0.15, 0.2) is 0 Å². The quantitative estimate of drug-likeness (QED) is 0.734. The van der Waals surface area contributed by atoms with Crippen LogP contribution in [0.5, 0.6) is 0 Å². The minimum Gasteiger partial charge on any atom is -0.367 e. The number of anilines is 1. The van der Waals surface area contributed by atoms with Gasteiger partial charge in [-0.05, 0) is 18.1 Å². The first-order chi connectivity index (χ1) is 11.3. The summed E-state index contributed by atoms with van der Waals surface area (Å²) in [6.07, 6.45) is 5.85. The standard InChI is InChI=1S/C16H19N5OS/c22-16(20-9-8-19-15-11-17-6-7-18-15)21-13-5-10-23-14-4-2-1-3-12(13)14/h1-4,6-7,11,13H,5,8-10H2,(H,18,19)(H2,20,21,22)/t13-/m1/s1. The van der Waals surface area contributed by atoms with Crippen molar-refractivity contribution in [3.8, 4) is 0 Å². The lowest BCUT2D eigenvalue weighted by atomic mass is 10.0. The molecule has 1 aromatic heterocycles. The number of nitrogens with one attached hydrogen (secondary N) is 3. The molecular weight excluding hydrogens is 310 g/mol. The Hall–Kier alpha value is -2.28. The van der Waals surface area contributed by atoms with Gasteiger partial charge in [0.25, 0.3) is 0 Å². The molecule has 0 bridgehead atoms. The first-order valence-corrected chi connectivity index (χ1v) is 8.57. The van der Waals surface area contributed by atoms with Crippen molar-refractivity contribution in [3.63, 3.8) is 0 Å². The molecule has 2 amide bonds. The van der Waals surface area contributed by atoms with Crippen molar-refractivity contribution in [1.82, 2.24) is 20.6 Å². The van der Waals surface area contributed by atoms with E-state index in [1.165, 1.54) is 10.5 Å². The number of amides is 2. The highest BCUT2D eigenvalue weighted by Crippen LogP contribution is 2.35. The summed E-state index contributed by atoms with van der Waals surface area (Å²) in [6, 6.07) is 8.19. The Morgan fingerprint density at radius 2 is 2.17 bits per heavy atom. The second-order valence-electron chi connectivity index (χ2n) is 5.15. The SMILES string of the molecule is O=C(NCCNc1cnccn1)N[C@@H]1CCSc2ccccc21. The summed E-state index contributed by atoms with van der Waals surface area (Å²) in [7, 11) is 0. The van der Waals surface area contributed by atoms with Crippen LogP contribution in [0.15, 0.2) is 47.8 Å². The number of benzene rings is 1. The van der Waals surface area contributed by atoms with E-state index in [2.05, 4.69) is 38.1 Å². The molecule has 0 unspecified atom stereocenters. The predicted octanol–water partition coefficient (Wildman–Crippen LogP) is 2.42. The van der Waals surface area contributed by atoms with Crippen molar-refractivity contribution < 1.29 is 4.79 Å². The lowest BCUT2D eigenvalue weighted by Crippen LogP contribution is -2.40. The van der Waals surface area contributed by atoms with Crippen LogP contribution in [0.1, 0.15) is 18.0 Å². The average Bonchev–Trinajstić information content (AvgIpc) is 2.60. The Kier molecular flexibility index (Phi) is 5.31. The minimum absolute atomic E-state index is 0.0837. The summed E-state index contributed by atoms with van der Waals surface area (Å²) in [6.45, 7) is 1.12. The third-order valence-corrected chi connectivity index (χ3v) is 4.67. The summed E-state index contributed by atoms with van der Waals surface area (Å²) in [5.41, 5.74) is 1.21. The third kappa shape index (κ3) is 4.35. The Balaban J connectivity index is 1.43. The van der Waals surface area contributed by atoms with Gasteiger partial charge in [-0.2, -0.15) is 0 Å². The molecule has 6 nitrogen and oxygen atoms in total. The van der Waals surface area contributed by atoms with Crippen LogP contribution in [-0.2, 0) is 0 Å². The van der Waals surface area contributed by atoms with Crippen molar-refractivity contribution in [3.05, 3.63) is 48.4 Å². The molecule has 1 aromatic carbocycles. The number of aromatic nitrogens is 2. The Morgan fingerprint density at radius 3 is 3.04 bits per heavy atom. The summed E-state index contributed by atoms with van der Waals surface area (Å²) in [5.74, 6) is 1.73. The van der Waals surface area contributed by atoms with Crippen LogP contribution in [0.4, 0.5) is 10.6 Å². The summed E-state index contributed by atoms with van der Waals surface area (Å²) >= 11 is 1.84. The van der Waals surface area contributed by atoms with E-state index in [0.29, 0.717) is 18.9 Å². The van der Waals surface area contributed by atoms with Crippen LogP contribution >= 0.6 is 11.8 Å². The molecular formula is C16H19N5OS. The minimum atomic E-state index is -0.141. The van der Waals surface area contributed by atoms with Gasteiger partial charge >= 0.3 is 6.03 Å². The van der Waals surface area contributed by atoms with E-state index in [9.17, 15) is 4.79 Å². The fourth-order valence-electron chi connectivity index (χ4n) is 2.46. The number of rotatable bonds is 5. The fraction of sp³-hybridized carbons (Fsp3) is 0.312. The number of carbonyl (C=O) groups excluding carboxylic acids is 1. The van der Waals surface area contributed by atoms with Gasteiger partial charge in [-0.25, -0.2) is 9.78 Å². The zero-order valence-corrected chi connectivity index (χ0v) is 13.5. The number of nitrogens with zero attached hydrogens (tertiary/aromatic N) is 2. The smallest absolute Gasteiger partial charge is 0.315 e. The van der Waals surface area contributed by atoms with Gasteiger partial charge in [0.05, 0.1) is 12.2 Å². The molecule has 3 rings (SSSR count). The predicted molar refractivity (Wildman–Crippen MR) is 91.6 cm³/mol. The largest absolute Gasteiger partial charge is 0.367 e. The van der Waals surface area contributed by atoms with Gasteiger partial charge in [-0.15, -0.1) is 11.8 Å². The van der Waals surface area contributed by atoms with Crippen LogP contribution in [0.3, 0.4) is 0 Å². The number of fused-ring (bicyclic) bond motifs is 1. The summed E-state index contributed by atoms with van der Waals surface area (Å²) in [5, 5.41) is 9.02. The molecule has 3 N–H and O–H groups in total. The van der Waals surface area contributed by atoms with E-state index in [4.69, 9.17) is 0 Å². The first-order valence-electron chi connectivity index (χ1n) is 7.59. The monoisotopic (exact) mass is 329 g/mol. The fourth-order valence-corrected chi connectivity index (χ4v) is 3.58. The molecule has 1 atom stereocenters. The van der Waals surface area contributed by atoms with Gasteiger partial charge in [0.2, 0.25) is 0 Å². The first kappa shape index (κ1) is 15.6. The number of carbonyl (C=O) groups is 1. The van der Waals surface area contributed by atoms with Crippen molar-refractivity contribution in [2.75, 3.05) is 24.2 Å². The van der Waals surface area contributed by atoms with Crippen LogP contribution in [0.25, 0.3) is 0 Å². The maximum Gasteiger partial charge on any atom is 0.315 e. The van der Waals surface area contributed by atoms with Gasteiger partial charge in [0.1, 0.15) is 5.82 Å². The highest BCUT2D eigenvalue weighted by Gasteiger charge is 2.21. The van der Waals surface area contributed by atoms with E-state index >= 15 is 0 Å². The van der Waals surface area contributed by atoms with Crippen LogP contribution in [0, 0.1) is 0 Å². The topological polar surface area (TPSA) is 78.9 Å². The zero-order chi connectivity index (χ0) is 15.9. The van der Waals surface area contributed by atoms with E-state index < -0.39 is 0 Å². The number of hydrogen-bond donors (Lipinski definition) is 3. The normalized spacial score (nSPS) is 16.3. The number of thioether (sulfide) groups is 1. The van der Waals surface area contributed by atoms with Crippen LogP contribution in [0.2, 0.25) is 0 Å². The molecule has 0 fully saturated rings. The van der Waals surface area contributed by atoms with Gasteiger partial charge in [-0.1, -0.05) is 18.2 Å². The molecule has 0 saturated heterocycles. The van der Waals surface area contributed by atoms with Gasteiger partial charge in [-0.3, -0.25) is 4.98 Å². The van der Waals surface area contributed by atoms with Crippen molar-refractivity contribution in [2.45, 2.75) is 17.4 Å². The third-order valence-electron chi connectivity index (χ3n) is 3.54. The van der Waals surface area contributed by atoms with E-state index in [1.807, 2.05) is 23.9 Å². The number of urea groups is 1. The van der Waals surface area contributed by atoms with E-state index in [-0.39, 0.29) is 12.1 Å². The maximum absolute atomic E-state index is 12.0. The summed E-state index contributed by atoms with van der Waals surface area (Å²) < 4.78 is 0. The molecule has 1 aliphatic heterocycles. The summed E-state index contributed by atoms with van der Waals surface area (Å²) in [4.78, 5) is 21.4. The lowest BCUT2D eigenvalue weighted by Gasteiger charge is -2.25. The van der Waals surface area contributed by atoms with Crippen molar-refractivity contribution in [2.24, 2.45) is 0 Å². The molecule has 0 saturated carbocycles. The second kappa shape index (κ2) is 7.82. The van der Waals surface area contributed by atoms with Crippen molar-refractivity contribution in [1.29, 1.82) is 0 Å². The average molecular weight is 329 g/mol. The molecule has 2 heterocycles. The molecule has 23 heavy (non-hydrogen) atoms. The molecule has 0 spiro atoms. The molecule has 2 aromatic rings. The maximum atomic E-state index is 12.0. The highest BCUT2D eigenvalue weighted by molar-refractivity contribution is 7.99.